The molecule has 0 aromatic rings. The third-order valence-electron chi connectivity index (χ3n) is 4.00. The summed E-state index contributed by atoms with van der Waals surface area (Å²) in [7, 11) is 0. The Balaban J connectivity index is 2.29. The number of hydrogen-bond acceptors (Lipinski definition) is 2. The Labute approximate surface area is 106 Å². The Bertz CT molecular complexity index is 232. The quantitative estimate of drug-likeness (QED) is 0.683. The van der Waals surface area contributed by atoms with Crippen molar-refractivity contribution >= 4 is 5.78 Å². The van der Waals surface area contributed by atoms with Gasteiger partial charge in [0, 0.05) is 12.5 Å². The van der Waals surface area contributed by atoms with Crippen molar-refractivity contribution in [2.45, 2.75) is 59.8 Å². The lowest BCUT2D eigenvalue weighted by atomic mass is 9.69. The molecular formula is C15H28O2. The Morgan fingerprint density at radius 2 is 1.76 bits per heavy atom. The molecule has 0 aromatic carbocycles. The average Bonchev–Trinajstić information content (AvgIpc) is 2.28. The first kappa shape index (κ1) is 14.7. The van der Waals surface area contributed by atoms with E-state index in [0.29, 0.717) is 24.4 Å². The summed E-state index contributed by atoms with van der Waals surface area (Å²) in [5.74, 6) is 1.37. The molecule has 0 unspecified atom stereocenters. The first-order chi connectivity index (χ1) is 7.95. The Kier molecular flexibility index (Phi) is 5.64. The summed E-state index contributed by atoms with van der Waals surface area (Å²) in [5.41, 5.74) is 0.396. The van der Waals surface area contributed by atoms with Gasteiger partial charge in [0.15, 0.2) is 5.78 Å². The van der Waals surface area contributed by atoms with Crippen molar-refractivity contribution in [2.24, 2.45) is 17.3 Å². The smallest absolute Gasteiger partial charge is 0.161 e. The van der Waals surface area contributed by atoms with E-state index in [0.717, 1.165) is 25.2 Å². The SMILES string of the molecule is CCCOCC(=O)C1CCC(C(C)(C)C)CC1. The van der Waals surface area contributed by atoms with E-state index in [-0.39, 0.29) is 5.92 Å². The minimum atomic E-state index is 0.269. The number of ketones is 1. The third kappa shape index (κ3) is 4.79. The van der Waals surface area contributed by atoms with Gasteiger partial charge >= 0.3 is 0 Å². The summed E-state index contributed by atoms with van der Waals surface area (Å²) < 4.78 is 5.34. The number of hydrogen-bond donors (Lipinski definition) is 0. The molecule has 1 saturated carbocycles. The fourth-order valence-electron chi connectivity index (χ4n) is 2.72. The van der Waals surface area contributed by atoms with Gasteiger partial charge < -0.3 is 4.74 Å². The zero-order chi connectivity index (χ0) is 12.9. The van der Waals surface area contributed by atoms with Crippen molar-refractivity contribution < 1.29 is 9.53 Å². The Hall–Kier alpha value is -0.370. The number of rotatable bonds is 5. The average molecular weight is 240 g/mol. The summed E-state index contributed by atoms with van der Waals surface area (Å²) in [6.45, 7) is 10.0. The highest BCUT2D eigenvalue weighted by Crippen LogP contribution is 2.39. The van der Waals surface area contributed by atoms with E-state index in [9.17, 15) is 4.79 Å². The van der Waals surface area contributed by atoms with E-state index >= 15 is 0 Å². The van der Waals surface area contributed by atoms with Crippen molar-refractivity contribution in [1.29, 1.82) is 0 Å². The zero-order valence-electron chi connectivity index (χ0n) is 11.9. The normalized spacial score (nSPS) is 25.9. The van der Waals surface area contributed by atoms with Gasteiger partial charge in [-0.3, -0.25) is 4.79 Å². The van der Waals surface area contributed by atoms with E-state index in [1.54, 1.807) is 0 Å². The highest BCUT2D eigenvalue weighted by Gasteiger charge is 2.32. The van der Waals surface area contributed by atoms with Crippen LogP contribution in [0.25, 0.3) is 0 Å². The Morgan fingerprint density at radius 1 is 1.18 bits per heavy atom. The third-order valence-corrected chi connectivity index (χ3v) is 4.00. The van der Waals surface area contributed by atoms with E-state index < -0.39 is 0 Å². The van der Waals surface area contributed by atoms with Gasteiger partial charge in [0.25, 0.3) is 0 Å². The van der Waals surface area contributed by atoms with Crippen molar-refractivity contribution in [3.63, 3.8) is 0 Å². The van der Waals surface area contributed by atoms with E-state index in [1.165, 1.54) is 12.8 Å². The number of Topliss-reactive ketones (excluding diaryl/α,β-unsaturated/α-hetero) is 1. The molecule has 1 rings (SSSR count). The van der Waals surface area contributed by atoms with Crippen LogP contribution in [0.15, 0.2) is 0 Å². The molecule has 0 radical (unpaired) electrons. The minimum Gasteiger partial charge on any atom is -0.374 e. The van der Waals surface area contributed by atoms with Gasteiger partial charge in [0.05, 0.1) is 0 Å². The van der Waals surface area contributed by atoms with Crippen LogP contribution >= 0.6 is 0 Å². The van der Waals surface area contributed by atoms with Gasteiger partial charge in [-0.15, -0.1) is 0 Å². The summed E-state index contributed by atoms with van der Waals surface area (Å²) in [6, 6.07) is 0. The van der Waals surface area contributed by atoms with Crippen molar-refractivity contribution in [3.05, 3.63) is 0 Å². The van der Waals surface area contributed by atoms with Crippen molar-refractivity contribution in [3.8, 4) is 0 Å². The number of carbonyl (C=O) groups excluding carboxylic acids is 1. The molecule has 2 heteroatoms. The monoisotopic (exact) mass is 240 g/mol. The molecule has 0 N–H and O–H groups in total. The molecule has 0 amide bonds. The Morgan fingerprint density at radius 3 is 2.24 bits per heavy atom. The van der Waals surface area contributed by atoms with Crippen LogP contribution in [0.2, 0.25) is 0 Å². The summed E-state index contributed by atoms with van der Waals surface area (Å²) in [5, 5.41) is 0. The van der Waals surface area contributed by atoms with Gasteiger partial charge in [-0.05, 0) is 43.4 Å². The van der Waals surface area contributed by atoms with Crippen LogP contribution in [0.4, 0.5) is 0 Å². The molecule has 1 aliphatic rings. The lowest BCUT2D eigenvalue weighted by molar-refractivity contribution is -0.129. The maximum absolute atomic E-state index is 11.9. The molecule has 0 saturated heterocycles. The zero-order valence-corrected chi connectivity index (χ0v) is 11.9. The molecule has 0 bridgehead atoms. The number of ether oxygens (including phenoxy) is 1. The molecule has 0 aliphatic heterocycles. The predicted molar refractivity (Wildman–Crippen MR) is 71.0 cm³/mol. The topological polar surface area (TPSA) is 26.3 Å². The molecule has 0 spiro atoms. The first-order valence-corrected chi connectivity index (χ1v) is 7.05. The maximum atomic E-state index is 11.9. The molecule has 0 heterocycles. The van der Waals surface area contributed by atoms with Crippen molar-refractivity contribution in [2.75, 3.05) is 13.2 Å². The van der Waals surface area contributed by atoms with Crippen LogP contribution in [0, 0.1) is 17.3 Å². The fraction of sp³-hybridized carbons (Fsp3) is 0.933. The second-order valence-corrected chi connectivity index (χ2v) is 6.43. The van der Waals surface area contributed by atoms with E-state index in [1.807, 2.05) is 0 Å². The van der Waals surface area contributed by atoms with Crippen molar-refractivity contribution in [1.82, 2.24) is 0 Å². The van der Waals surface area contributed by atoms with Gasteiger partial charge in [-0.2, -0.15) is 0 Å². The minimum absolute atomic E-state index is 0.269. The lowest BCUT2D eigenvalue weighted by Gasteiger charge is -2.36. The van der Waals surface area contributed by atoms with Crippen LogP contribution < -0.4 is 0 Å². The molecule has 17 heavy (non-hydrogen) atoms. The van der Waals surface area contributed by atoms with Gasteiger partial charge in [-0.25, -0.2) is 0 Å². The van der Waals surface area contributed by atoms with Crippen LogP contribution in [0.5, 0.6) is 0 Å². The van der Waals surface area contributed by atoms with Crippen LogP contribution in [0.3, 0.4) is 0 Å². The van der Waals surface area contributed by atoms with Gasteiger partial charge in [0.1, 0.15) is 6.61 Å². The van der Waals surface area contributed by atoms with Crippen LogP contribution in [-0.4, -0.2) is 19.0 Å². The standard InChI is InChI=1S/C15H28O2/c1-5-10-17-11-14(16)12-6-8-13(9-7-12)15(2,3)4/h12-13H,5-11H2,1-4H3. The second kappa shape index (κ2) is 6.53. The van der Waals surface area contributed by atoms with E-state index in [4.69, 9.17) is 4.74 Å². The predicted octanol–water partition coefficient (Wildman–Crippen LogP) is 3.83. The van der Waals surface area contributed by atoms with Crippen LogP contribution in [0.1, 0.15) is 59.8 Å². The highest BCUT2D eigenvalue weighted by atomic mass is 16.5. The highest BCUT2D eigenvalue weighted by molar-refractivity contribution is 5.82. The van der Waals surface area contributed by atoms with Crippen LogP contribution in [-0.2, 0) is 9.53 Å². The summed E-state index contributed by atoms with van der Waals surface area (Å²) in [4.78, 5) is 11.9. The second-order valence-electron chi connectivity index (χ2n) is 6.43. The maximum Gasteiger partial charge on any atom is 0.161 e. The largest absolute Gasteiger partial charge is 0.374 e. The molecule has 2 nitrogen and oxygen atoms in total. The molecule has 100 valence electrons. The fourth-order valence-corrected chi connectivity index (χ4v) is 2.72. The van der Waals surface area contributed by atoms with Gasteiger partial charge in [0.2, 0.25) is 0 Å². The summed E-state index contributed by atoms with van der Waals surface area (Å²) in [6.07, 6.45) is 5.53. The summed E-state index contributed by atoms with van der Waals surface area (Å²) >= 11 is 0. The van der Waals surface area contributed by atoms with Gasteiger partial charge in [-0.1, -0.05) is 27.7 Å². The molecule has 1 fully saturated rings. The molecular weight excluding hydrogens is 212 g/mol. The molecule has 1 aliphatic carbocycles. The lowest BCUT2D eigenvalue weighted by Crippen LogP contribution is -2.30. The molecule has 0 aromatic heterocycles. The number of carbonyl (C=O) groups is 1. The van der Waals surface area contributed by atoms with E-state index in [2.05, 4.69) is 27.7 Å². The molecule has 0 atom stereocenters. The first-order valence-electron chi connectivity index (χ1n) is 7.05.